The average molecular weight is 365 g/mol. The number of hydrazine groups is 1. The highest BCUT2D eigenvalue weighted by atomic mass is 16.5. The molecule has 9 nitrogen and oxygen atoms in total. The Morgan fingerprint density at radius 2 is 1.78 bits per heavy atom. The fourth-order valence-corrected chi connectivity index (χ4v) is 2.26. The molecule has 0 atom stereocenters. The normalized spacial score (nSPS) is 10.1. The van der Waals surface area contributed by atoms with Crippen LogP contribution in [-0.4, -0.2) is 28.0 Å². The number of nitrogen functional groups attached to an aromatic ring is 1. The summed E-state index contributed by atoms with van der Waals surface area (Å²) < 4.78 is 5.14. The topological polar surface area (TPSA) is 127 Å². The Hall–Kier alpha value is -3.88. The molecule has 0 saturated heterocycles. The first-order chi connectivity index (χ1) is 13.2. The molecule has 0 spiro atoms. The summed E-state index contributed by atoms with van der Waals surface area (Å²) in [5.74, 6) is 1.21. The SMILES string of the molecule is COc1ccc(CNc2ncnc(NNC(=O)c3ccncc3)c2N)cc1. The van der Waals surface area contributed by atoms with Crippen LogP contribution >= 0.6 is 0 Å². The number of rotatable bonds is 7. The molecule has 0 radical (unpaired) electrons. The van der Waals surface area contributed by atoms with Gasteiger partial charge in [0.2, 0.25) is 0 Å². The summed E-state index contributed by atoms with van der Waals surface area (Å²) in [7, 11) is 1.62. The van der Waals surface area contributed by atoms with Crippen molar-refractivity contribution in [3.8, 4) is 5.75 Å². The molecule has 138 valence electrons. The largest absolute Gasteiger partial charge is 0.497 e. The van der Waals surface area contributed by atoms with Crippen molar-refractivity contribution in [3.63, 3.8) is 0 Å². The number of aromatic nitrogens is 3. The van der Waals surface area contributed by atoms with Gasteiger partial charge in [-0.15, -0.1) is 0 Å². The van der Waals surface area contributed by atoms with Crippen LogP contribution in [0.1, 0.15) is 15.9 Å². The van der Waals surface area contributed by atoms with E-state index in [4.69, 9.17) is 10.5 Å². The standard InChI is InChI=1S/C18H19N7O2/c1-27-14-4-2-12(3-5-14)10-21-16-15(19)17(23-11-22-16)24-25-18(26)13-6-8-20-9-7-13/h2-9,11H,10,19H2,1H3,(H,25,26)(H2,21,22,23,24). The number of ether oxygens (including phenoxy) is 1. The van der Waals surface area contributed by atoms with E-state index in [0.717, 1.165) is 11.3 Å². The molecule has 0 fully saturated rings. The molecule has 5 N–H and O–H groups in total. The minimum atomic E-state index is -0.330. The minimum absolute atomic E-state index is 0.293. The van der Waals surface area contributed by atoms with E-state index in [-0.39, 0.29) is 5.91 Å². The third-order valence-electron chi connectivity index (χ3n) is 3.74. The molecular weight excluding hydrogens is 346 g/mol. The maximum atomic E-state index is 12.1. The molecule has 0 aliphatic carbocycles. The number of pyridine rings is 1. The summed E-state index contributed by atoms with van der Waals surface area (Å²) in [4.78, 5) is 24.1. The Balaban J connectivity index is 1.62. The lowest BCUT2D eigenvalue weighted by molar-refractivity contribution is 0.0962. The first kappa shape index (κ1) is 17.9. The van der Waals surface area contributed by atoms with Crippen LogP contribution in [0.4, 0.5) is 17.3 Å². The molecule has 0 aliphatic heterocycles. The highest BCUT2D eigenvalue weighted by Crippen LogP contribution is 2.22. The van der Waals surface area contributed by atoms with E-state index in [9.17, 15) is 4.79 Å². The van der Waals surface area contributed by atoms with Crippen LogP contribution in [0, 0.1) is 0 Å². The first-order valence-electron chi connectivity index (χ1n) is 8.11. The Kier molecular flexibility index (Phi) is 5.63. The molecule has 3 aromatic rings. The highest BCUT2D eigenvalue weighted by Gasteiger charge is 2.10. The van der Waals surface area contributed by atoms with E-state index >= 15 is 0 Å². The summed E-state index contributed by atoms with van der Waals surface area (Å²) in [5, 5.41) is 3.15. The zero-order valence-electron chi connectivity index (χ0n) is 14.6. The molecule has 3 rings (SSSR count). The van der Waals surface area contributed by atoms with Gasteiger partial charge in [0.25, 0.3) is 5.91 Å². The lowest BCUT2D eigenvalue weighted by Crippen LogP contribution is -2.30. The average Bonchev–Trinajstić information content (AvgIpc) is 2.73. The lowest BCUT2D eigenvalue weighted by Gasteiger charge is -2.13. The van der Waals surface area contributed by atoms with Crippen LogP contribution in [-0.2, 0) is 6.54 Å². The van der Waals surface area contributed by atoms with E-state index in [1.807, 2.05) is 24.3 Å². The van der Waals surface area contributed by atoms with Crippen molar-refractivity contribution in [3.05, 3.63) is 66.2 Å². The maximum absolute atomic E-state index is 12.1. The number of anilines is 3. The first-order valence-corrected chi connectivity index (χ1v) is 8.11. The second-order valence-electron chi connectivity index (χ2n) is 5.50. The zero-order valence-corrected chi connectivity index (χ0v) is 14.6. The number of amides is 1. The summed E-state index contributed by atoms with van der Waals surface area (Å²) in [6.07, 6.45) is 4.43. The van der Waals surface area contributed by atoms with Gasteiger partial charge in [-0.3, -0.25) is 20.6 Å². The van der Waals surface area contributed by atoms with Crippen molar-refractivity contribution in [1.29, 1.82) is 0 Å². The van der Waals surface area contributed by atoms with Crippen LogP contribution < -0.4 is 26.6 Å². The second kappa shape index (κ2) is 8.48. The number of nitrogens with one attached hydrogen (secondary N) is 3. The van der Waals surface area contributed by atoms with Crippen molar-refractivity contribution in [2.24, 2.45) is 0 Å². The van der Waals surface area contributed by atoms with Gasteiger partial charge >= 0.3 is 0 Å². The van der Waals surface area contributed by atoms with Gasteiger partial charge in [0.05, 0.1) is 7.11 Å². The van der Waals surface area contributed by atoms with Crippen molar-refractivity contribution < 1.29 is 9.53 Å². The molecule has 1 aromatic carbocycles. The number of benzene rings is 1. The predicted molar refractivity (Wildman–Crippen MR) is 102 cm³/mol. The number of nitrogens with zero attached hydrogens (tertiary/aromatic N) is 3. The lowest BCUT2D eigenvalue weighted by atomic mass is 10.2. The zero-order chi connectivity index (χ0) is 19.1. The Morgan fingerprint density at radius 3 is 2.48 bits per heavy atom. The van der Waals surface area contributed by atoms with Gasteiger partial charge in [0.15, 0.2) is 11.6 Å². The predicted octanol–water partition coefficient (Wildman–Crippen LogP) is 1.83. The Labute approximate surface area is 156 Å². The van der Waals surface area contributed by atoms with Crippen LogP contribution in [0.25, 0.3) is 0 Å². The number of carbonyl (C=O) groups excluding carboxylic acids is 1. The summed E-state index contributed by atoms with van der Waals surface area (Å²) in [6.45, 7) is 0.522. The molecule has 27 heavy (non-hydrogen) atoms. The maximum Gasteiger partial charge on any atom is 0.269 e. The van der Waals surface area contributed by atoms with Crippen molar-refractivity contribution in [2.75, 3.05) is 23.6 Å². The van der Waals surface area contributed by atoms with Crippen LogP contribution in [0.2, 0.25) is 0 Å². The Bertz CT molecular complexity index is 901. The van der Waals surface area contributed by atoms with Gasteiger partial charge in [0.1, 0.15) is 17.8 Å². The smallest absolute Gasteiger partial charge is 0.269 e. The molecule has 0 saturated carbocycles. The molecule has 9 heteroatoms. The van der Waals surface area contributed by atoms with E-state index in [1.165, 1.54) is 18.7 Å². The molecule has 0 aliphatic rings. The van der Waals surface area contributed by atoms with Gasteiger partial charge in [-0.1, -0.05) is 12.1 Å². The van der Waals surface area contributed by atoms with E-state index in [1.54, 1.807) is 19.2 Å². The van der Waals surface area contributed by atoms with Gasteiger partial charge in [0, 0.05) is 24.5 Å². The van der Waals surface area contributed by atoms with Crippen LogP contribution in [0.3, 0.4) is 0 Å². The van der Waals surface area contributed by atoms with Gasteiger partial charge in [-0.25, -0.2) is 9.97 Å². The van der Waals surface area contributed by atoms with Gasteiger partial charge in [-0.2, -0.15) is 0 Å². The fourth-order valence-electron chi connectivity index (χ4n) is 2.26. The quantitative estimate of drug-likeness (QED) is 0.467. The van der Waals surface area contributed by atoms with Gasteiger partial charge < -0.3 is 15.8 Å². The summed E-state index contributed by atoms with van der Waals surface area (Å²) >= 11 is 0. The third-order valence-corrected chi connectivity index (χ3v) is 3.74. The Morgan fingerprint density at radius 1 is 1.07 bits per heavy atom. The fraction of sp³-hybridized carbons (Fsp3) is 0.111. The molecule has 1 amide bonds. The van der Waals surface area contributed by atoms with Gasteiger partial charge in [-0.05, 0) is 29.8 Å². The van der Waals surface area contributed by atoms with Crippen LogP contribution in [0.15, 0.2) is 55.1 Å². The number of hydrogen-bond acceptors (Lipinski definition) is 8. The number of carbonyl (C=O) groups is 1. The van der Waals surface area contributed by atoms with Crippen molar-refractivity contribution >= 4 is 23.2 Å². The molecule has 0 bridgehead atoms. The van der Waals surface area contributed by atoms with Crippen LogP contribution in [0.5, 0.6) is 5.75 Å². The summed E-state index contributed by atoms with van der Waals surface area (Å²) in [6, 6.07) is 10.8. The van der Waals surface area contributed by atoms with E-state index < -0.39 is 0 Å². The number of methoxy groups -OCH3 is 1. The molecular formula is C18H19N7O2. The van der Waals surface area contributed by atoms with E-state index in [2.05, 4.69) is 31.1 Å². The van der Waals surface area contributed by atoms with Crippen molar-refractivity contribution in [1.82, 2.24) is 20.4 Å². The minimum Gasteiger partial charge on any atom is -0.497 e. The number of hydrogen-bond donors (Lipinski definition) is 4. The van der Waals surface area contributed by atoms with E-state index in [0.29, 0.717) is 29.4 Å². The summed E-state index contributed by atoms with van der Waals surface area (Å²) in [5.41, 5.74) is 13.1. The van der Waals surface area contributed by atoms with Crippen molar-refractivity contribution in [2.45, 2.75) is 6.54 Å². The highest BCUT2D eigenvalue weighted by molar-refractivity contribution is 5.95. The third kappa shape index (κ3) is 4.60. The molecule has 0 unspecified atom stereocenters. The molecule has 2 aromatic heterocycles. The second-order valence-corrected chi connectivity index (χ2v) is 5.50. The monoisotopic (exact) mass is 365 g/mol. The molecule has 2 heterocycles. The number of nitrogens with two attached hydrogens (primary N) is 1.